The fourth-order valence-electron chi connectivity index (χ4n) is 2.63. The predicted molar refractivity (Wildman–Crippen MR) is 99.9 cm³/mol. The van der Waals surface area contributed by atoms with Crippen molar-refractivity contribution in [3.05, 3.63) is 90.0 Å². The van der Waals surface area contributed by atoms with Gasteiger partial charge in [0.25, 0.3) is 0 Å². The zero-order valence-corrected chi connectivity index (χ0v) is 13.3. The third-order valence-electron chi connectivity index (χ3n) is 3.85. The van der Waals surface area contributed by atoms with Crippen LogP contribution in [0.5, 0.6) is 5.75 Å². The van der Waals surface area contributed by atoms with Crippen molar-refractivity contribution in [2.24, 2.45) is 5.10 Å². The molecule has 4 rings (SSSR count). The molecule has 4 aromatic rings. The Morgan fingerprint density at radius 1 is 0.840 bits per heavy atom. The van der Waals surface area contributed by atoms with Gasteiger partial charge in [-0.1, -0.05) is 42.5 Å². The Hall–Kier alpha value is -3.60. The minimum absolute atomic E-state index is 0.224. The molecule has 122 valence electrons. The minimum Gasteiger partial charge on any atom is -0.508 e. The molecule has 3 aromatic carbocycles. The first-order chi connectivity index (χ1) is 12.3. The first kappa shape index (κ1) is 15.0. The summed E-state index contributed by atoms with van der Waals surface area (Å²) in [5.41, 5.74) is 7.47. The molecular formula is C20H16N4O. The summed E-state index contributed by atoms with van der Waals surface area (Å²) in [5, 5.41) is 14.1. The number of hydrogen-bond acceptors (Lipinski definition) is 4. The van der Waals surface area contributed by atoms with Crippen LogP contribution < -0.4 is 5.43 Å². The number of nitrogens with zero attached hydrogens (tertiary/aromatic N) is 2. The molecule has 3 N–H and O–H groups in total. The number of aromatic amines is 1. The van der Waals surface area contributed by atoms with Gasteiger partial charge in [-0.3, -0.25) is 0 Å². The van der Waals surface area contributed by atoms with Gasteiger partial charge in [0.15, 0.2) is 0 Å². The van der Waals surface area contributed by atoms with Crippen LogP contribution in [0.15, 0.2) is 84.0 Å². The molecule has 0 saturated carbocycles. The topological polar surface area (TPSA) is 73.3 Å². The van der Waals surface area contributed by atoms with E-state index in [0.29, 0.717) is 5.95 Å². The average molecular weight is 328 g/mol. The molecule has 0 radical (unpaired) electrons. The van der Waals surface area contributed by atoms with Gasteiger partial charge in [0, 0.05) is 11.1 Å². The van der Waals surface area contributed by atoms with Gasteiger partial charge in [0.2, 0.25) is 5.95 Å². The standard InChI is InChI=1S/C20H16N4O/c25-16-12-10-15(11-13-16)19(14-6-2-1-3-7-14)23-24-20-21-17-8-4-5-9-18(17)22-20/h1-13,25H,(H2,21,22,24)/b23-19-. The highest BCUT2D eigenvalue weighted by Crippen LogP contribution is 2.17. The maximum absolute atomic E-state index is 9.53. The first-order valence-corrected chi connectivity index (χ1v) is 7.93. The number of H-pyrrole nitrogens is 1. The van der Waals surface area contributed by atoms with E-state index in [2.05, 4.69) is 20.5 Å². The van der Waals surface area contributed by atoms with Crippen molar-refractivity contribution in [1.82, 2.24) is 9.97 Å². The Labute approximate surface area is 144 Å². The highest BCUT2D eigenvalue weighted by Gasteiger charge is 2.08. The number of aromatic nitrogens is 2. The molecule has 0 unspecified atom stereocenters. The minimum atomic E-state index is 0.224. The number of anilines is 1. The summed E-state index contributed by atoms with van der Waals surface area (Å²) in [6.07, 6.45) is 0. The number of hydrazone groups is 1. The molecular weight excluding hydrogens is 312 g/mol. The summed E-state index contributed by atoms with van der Waals surface area (Å²) in [5.74, 6) is 0.801. The van der Waals surface area contributed by atoms with Crippen molar-refractivity contribution in [2.75, 3.05) is 5.43 Å². The van der Waals surface area contributed by atoms with Gasteiger partial charge in [0.1, 0.15) is 5.75 Å². The molecule has 0 aliphatic carbocycles. The zero-order valence-electron chi connectivity index (χ0n) is 13.3. The van der Waals surface area contributed by atoms with Gasteiger partial charge in [-0.2, -0.15) is 5.10 Å². The van der Waals surface area contributed by atoms with Crippen LogP contribution >= 0.6 is 0 Å². The molecule has 0 spiro atoms. The second-order valence-electron chi connectivity index (χ2n) is 5.59. The van der Waals surface area contributed by atoms with Gasteiger partial charge in [0.05, 0.1) is 16.7 Å². The third kappa shape index (κ3) is 3.21. The second kappa shape index (κ2) is 6.49. The van der Waals surface area contributed by atoms with Crippen molar-refractivity contribution in [3.63, 3.8) is 0 Å². The molecule has 0 bridgehead atoms. The highest BCUT2D eigenvalue weighted by atomic mass is 16.3. The van der Waals surface area contributed by atoms with Crippen LogP contribution in [-0.2, 0) is 0 Å². The van der Waals surface area contributed by atoms with Crippen molar-refractivity contribution in [1.29, 1.82) is 0 Å². The van der Waals surface area contributed by atoms with Gasteiger partial charge < -0.3 is 10.1 Å². The van der Waals surface area contributed by atoms with Crippen LogP contribution in [0.3, 0.4) is 0 Å². The van der Waals surface area contributed by atoms with Crippen molar-refractivity contribution in [2.45, 2.75) is 0 Å². The lowest BCUT2D eigenvalue weighted by Gasteiger charge is -2.07. The smallest absolute Gasteiger partial charge is 0.222 e. The SMILES string of the molecule is Oc1ccc(/C(=N\Nc2nc3ccccc3[nH]2)c2ccccc2)cc1. The van der Waals surface area contributed by atoms with E-state index >= 15 is 0 Å². The maximum atomic E-state index is 9.53. The molecule has 0 fully saturated rings. The van der Waals surface area contributed by atoms with E-state index in [0.717, 1.165) is 27.9 Å². The monoisotopic (exact) mass is 328 g/mol. The fourth-order valence-corrected chi connectivity index (χ4v) is 2.63. The maximum Gasteiger partial charge on any atom is 0.222 e. The average Bonchev–Trinajstić information content (AvgIpc) is 3.07. The summed E-state index contributed by atoms with van der Waals surface area (Å²) in [7, 11) is 0. The molecule has 25 heavy (non-hydrogen) atoms. The molecule has 5 heteroatoms. The lowest BCUT2D eigenvalue weighted by molar-refractivity contribution is 0.475. The first-order valence-electron chi connectivity index (χ1n) is 7.93. The van der Waals surface area contributed by atoms with Gasteiger partial charge in [-0.15, -0.1) is 0 Å². The fraction of sp³-hybridized carbons (Fsp3) is 0. The van der Waals surface area contributed by atoms with Crippen molar-refractivity contribution >= 4 is 22.7 Å². The summed E-state index contributed by atoms with van der Waals surface area (Å²) < 4.78 is 0. The van der Waals surface area contributed by atoms with E-state index < -0.39 is 0 Å². The van der Waals surface area contributed by atoms with E-state index in [1.165, 1.54) is 0 Å². The van der Waals surface area contributed by atoms with Gasteiger partial charge in [-0.05, 0) is 36.4 Å². The lowest BCUT2D eigenvalue weighted by Crippen LogP contribution is -2.06. The molecule has 5 nitrogen and oxygen atoms in total. The highest BCUT2D eigenvalue weighted by molar-refractivity contribution is 6.13. The van der Waals surface area contributed by atoms with Crippen LogP contribution in [0.1, 0.15) is 11.1 Å². The number of hydrogen-bond donors (Lipinski definition) is 3. The molecule has 0 atom stereocenters. The number of benzene rings is 3. The number of phenolic OH excluding ortho intramolecular Hbond substituents is 1. The Kier molecular flexibility index (Phi) is 3.88. The number of fused-ring (bicyclic) bond motifs is 1. The molecule has 0 amide bonds. The van der Waals surface area contributed by atoms with Crippen LogP contribution in [0.25, 0.3) is 11.0 Å². The van der Waals surface area contributed by atoms with Crippen molar-refractivity contribution in [3.8, 4) is 5.75 Å². The predicted octanol–water partition coefficient (Wildman–Crippen LogP) is 4.13. The van der Waals surface area contributed by atoms with E-state index in [1.807, 2.05) is 66.7 Å². The van der Waals surface area contributed by atoms with E-state index in [1.54, 1.807) is 12.1 Å². The van der Waals surface area contributed by atoms with Gasteiger partial charge >= 0.3 is 0 Å². The van der Waals surface area contributed by atoms with Crippen LogP contribution in [-0.4, -0.2) is 20.8 Å². The summed E-state index contributed by atoms with van der Waals surface area (Å²) in [4.78, 5) is 7.67. The largest absolute Gasteiger partial charge is 0.508 e. The number of para-hydroxylation sites is 2. The van der Waals surface area contributed by atoms with Crippen LogP contribution in [0.4, 0.5) is 5.95 Å². The number of aromatic hydroxyl groups is 1. The summed E-state index contributed by atoms with van der Waals surface area (Å²) in [6, 6.07) is 24.7. The normalized spacial score (nSPS) is 11.6. The van der Waals surface area contributed by atoms with E-state index in [4.69, 9.17) is 0 Å². The molecule has 0 aliphatic rings. The lowest BCUT2D eigenvalue weighted by atomic mass is 10.0. The quantitative estimate of drug-likeness (QED) is 0.389. The van der Waals surface area contributed by atoms with Crippen LogP contribution in [0.2, 0.25) is 0 Å². The van der Waals surface area contributed by atoms with Crippen LogP contribution in [0, 0.1) is 0 Å². The number of imidazole rings is 1. The summed E-state index contributed by atoms with van der Waals surface area (Å²) in [6.45, 7) is 0. The third-order valence-corrected chi connectivity index (χ3v) is 3.85. The van der Waals surface area contributed by atoms with Crippen molar-refractivity contribution < 1.29 is 5.11 Å². The molecule has 0 saturated heterocycles. The van der Waals surface area contributed by atoms with Gasteiger partial charge in [-0.25, -0.2) is 10.4 Å². The Morgan fingerprint density at radius 2 is 1.52 bits per heavy atom. The zero-order chi connectivity index (χ0) is 17.1. The Morgan fingerprint density at radius 3 is 2.28 bits per heavy atom. The molecule has 1 aromatic heterocycles. The Bertz CT molecular complexity index is 987. The summed E-state index contributed by atoms with van der Waals surface area (Å²) >= 11 is 0. The number of rotatable bonds is 4. The van der Waals surface area contributed by atoms with E-state index in [-0.39, 0.29) is 5.75 Å². The van der Waals surface area contributed by atoms with E-state index in [9.17, 15) is 5.11 Å². The molecule has 1 heterocycles. The second-order valence-corrected chi connectivity index (χ2v) is 5.59. The Balaban J connectivity index is 1.72. The number of nitrogens with one attached hydrogen (secondary N) is 2. The number of phenols is 1. The molecule has 0 aliphatic heterocycles.